The van der Waals surface area contributed by atoms with Crippen molar-refractivity contribution in [3.63, 3.8) is 0 Å². The van der Waals surface area contributed by atoms with E-state index in [1.165, 1.54) is 11.9 Å². The molecule has 1 fully saturated rings. The smallest absolute Gasteiger partial charge is 0.327 e. The van der Waals surface area contributed by atoms with Gasteiger partial charge in [-0.05, 0) is 7.05 Å². The minimum absolute atomic E-state index is 0. The van der Waals surface area contributed by atoms with E-state index in [0.29, 0.717) is 13.1 Å². The summed E-state index contributed by atoms with van der Waals surface area (Å²) in [5.41, 5.74) is 0. The van der Waals surface area contributed by atoms with Crippen LogP contribution in [0.15, 0.2) is 0 Å². The van der Waals surface area contributed by atoms with E-state index in [4.69, 9.17) is 0 Å². The lowest BCUT2D eigenvalue weighted by atomic mass is 10.3. The molecule has 1 aliphatic heterocycles. The maximum absolute atomic E-state index is 11.9. The fourth-order valence-electron chi connectivity index (χ4n) is 1.59. The molecule has 6 nitrogen and oxygen atoms in total. The molecule has 4 amide bonds. The molecule has 0 aromatic carbocycles. The van der Waals surface area contributed by atoms with E-state index in [2.05, 4.69) is 4.90 Å². The van der Waals surface area contributed by atoms with Crippen molar-refractivity contribution in [1.82, 2.24) is 19.6 Å². The summed E-state index contributed by atoms with van der Waals surface area (Å²) in [7, 11) is 6.81. The van der Waals surface area contributed by atoms with Gasteiger partial charge in [-0.1, -0.05) is 0 Å². The Balaban J connectivity index is 0.00000256. The second-order valence-electron chi connectivity index (χ2n) is 4.31. The van der Waals surface area contributed by atoms with E-state index in [9.17, 15) is 9.59 Å². The highest BCUT2D eigenvalue weighted by Gasteiger charge is 2.26. The Bertz CT molecular complexity index is 277. The number of nitrogens with zero attached hydrogens (tertiary/aromatic N) is 4. The van der Waals surface area contributed by atoms with Crippen molar-refractivity contribution in [3.8, 4) is 0 Å². The number of likely N-dealkylation sites (N-methyl/N-ethyl adjacent to an activating group) is 1. The van der Waals surface area contributed by atoms with Crippen LogP contribution in [0, 0.1) is 0 Å². The Hall–Kier alpha value is -1.01. The van der Waals surface area contributed by atoms with Gasteiger partial charge in [-0.2, -0.15) is 0 Å². The first-order chi connectivity index (χ1) is 7.43. The van der Waals surface area contributed by atoms with Crippen molar-refractivity contribution in [2.24, 2.45) is 0 Å². The van der Waals surface area contributed by atoms with Crippen molar-refractivity contribution in [2.75, 3.05) is 54.4 Å². The molecule has 7 heteroatoms. The minimum atomic E-state index is -0.288. The molecule has 1 saturated heterocycles. The maximum atomic E-state index is 11.9. The second-order valence-corrected chi connectivity index (χ2v) is 4.31. The summed E-state index contributed by atoms with van der Waals surface area (Å²) in [5, 5.41) is 0. The number of rotatable bonds is 0. The Morgan fingerprint density at radius 1 is 1.00 bits per heavy atom. The lowest BCUT2D eigenvalue weighted by Gasteiger charge is -2.34. The molecule has 0 aliphatic carbocycles. The topological polar surface area (TPSA) is 47.1 Å². The third-order valence-corrected chi connectivity index (χ3v) is 2.73. The van der Waals surface area contributed by atoms with Crippen molar-refractivity contribution < 1.29 is 9.59 Å². The van der Waals surface area contributed by atoms with Crippen molar-refractivity contribution in [1.29, 1.82) is 0 Å². The van der Waals surface area contributed by atoms with Gasteiger partial charge < -0.3 is 14.7 Å². The third-order valence-electron chi connectivity index (χ3n) is 2.73. The van der Waals surface area contributed by atoms with Crippen LogP contribution >= 0.6 is 12.4 Å². The fourth-order valence-corrected chi connectivity index (χ4v) is 1.59. The first-order valence-corrected chi connectivity index (χ1v) is 5.36. The van der Waals surface area contributed by atoms with Gasteiger partial charge in [0, 0.05) is 47.3 Å². The average molecular weight is 265 g/mol. The Morgan fingerprint density at radius 3 is 1.88 bits per heavy atom. The highest BCUT2D eigenvalue weighted by Crippen LogP contribution is 2.04. The number of carbonyl (C=O) groups excluding carboxylic acids is 2. The largest absolute Gasteiger partial charge is 0.330 e. The zero-order valence-electron chi connectivity index (χ0n) is 10.8. The van der Waals surface area contributed by atoms with Crippen LogP contribution in [0.3, 0.4) is 0 Å². The summed E-state index contributed by atoms with van der Waals surface area (Å²) in [5.74, 6) is 0. The van der Waals surface area contributed by atoms with Crippen LogP contribution in [0.4, 0.5) is 9.59 Å². The lowest BCUT2D eigenvalue weighted by Crippen LogP contribution is -2.53. The van der Waals surface area contributed by atoms with E-state index < -0.39 is 0 Å². The number of hydrogen-bond acceptors (Lipinski definition) is 3. The monoisotopic (exact) mass is 264 g/mol. The van der Waals surface area contributed by atoms with Crippen LogP contribution in [0.1, 0.15) is 0 Å². The predicted molar refractivity (Wildman–Crippen MR) is 68.6 cm³/mol. The maximum Gasteiger partial charge on any atom is 0.327 e. The average Bonchev–Trinajstić information content (AvgIpc) is 2.27. The predicted octanol–water partition coefficient (Wildman–Crippen LogP) is 0.389. The standard InChI is InChI=1S/C10H20N4O2.ClH/c1-11(2)9(15)13(4)10(16)14-7-5-12(3)6-8-14;/h5-8H2,1-4H3;1H. The lowest BCUT2D eigenvalue weighted by molar-refractivity contribution is 0.126. The number of piperazine rings is 1. The number of carbonyl (C=O) groups is 2. The van der Waals surface area contributed by atoms with E-state index in [1.807, 2.05) is 7.05 Å². The molecule has 0 spiro atoms. The van der Waals surface area contributed by atoms with E-state index in [-0.39, 0.29) is 24.5 Å². The molecule has 0 saturated carbocycles. The molecule has 1 aliphatic rings. The van der Waals surface area contributed by atoms with E-state index in [1.54, 1.807) is 19.0 Å². The molecule has 0 atom stereocenters. The van der Waals surface area contributed by atoms with Crippen LogP contribution < -0.4 is 0 Å². The molecular weight excluding hydrogens is 244 g/mol. The quantitative estimate of drug-likeness (QED) is 0.636. The van der Waals surface area contributed by atoms with Crippen LogP contribution in [-0.2, 0) is 0 Å². The number of amides is 4. The molecular formula is C10H21ClN4O2. The Morgan fingerprint density at radius 2 is 1.47 bits per heavy atom. The number of urea groups is 2. The first-order valence-electron chi connectivity index (χ1n) is 5.36. The molecule has 1 rings (SSSR count). The van der Waals surface area contributed by atoms with Gasteiger partial charge in [-0.15, -0.1) is 12.4 Å². The van der Waals surface area contributed by atoms with Crippen molar-refractivity contribution >= 4 is 24.5 Å². The molecule has 0 bridgehead atoms. The van der Waals surface area contributed by atoms with Crippen LogP contribution in [0.5, 0.6) is 0 Å². The van der Waals surface area contributed by atoms with Crippen molar-refractivity contribution in [2.45, 2.75) is 0 Å². The SMILES string of the molecule is CN1CCN(C(=O)N(C)C(=O)N(C)C)CC1.Cl. The number of hydrogen-bond donors (Lipinski definition) is 0. The van der Waals surface area contributed by atoms with Gasteiger partial charge in [-0.3, -0.25) is 0 Å². The van der Waals surface area contributed by atoms with Gasteiger partial charge in [0.25, 0.3) is 0 Å². The summed E-state index contributed by atoms with van der Waals surface area (Å²) in [6.45, 7) is 3.08. The highest BCUT2D eigenvalue weighted by atomic mass is 35.5. The van der Waals surface area contributed by atoms with Crippen LogP contribution in [0.25, 0.3) is 0 Å². The minimum Gasteiger partial charge on any atom is -0.330 e. The first kappa shape index (κ1) is 16.0. The molecule has 0 unspecified atom stereocenters. The van der Waals surface area contributed by atoms with E-state index in [0.717, 1.165) is 18.0 Å². The molecule has 100 valence electrons. The van der Waals surface area contributed by atoms with Gasteiger partial charge in [0.05, 0.1) is 0 Å². The zero-order chi connectivity index (χ0) is 12.3. The molecule has 1 heterocycles. The fraction of sp³-hybridized carbons (Fsp3) is 0.800. The molecule has 0 radical (unpaired) electrons. The second kappa shape index (κ2) is 6.66. The van der Waals surface area contributed by atoms with Gasteiger partial charge in [-0.25, -0.2) is 14.5 Å². The summed E-state index contributed by atoms with van der Waals surface area (Å²) >= 11 is 0. The summed E-state index contributed by atoms with van der Waals surface area (Å²) in [6.07, 6.45) is 0. The highest BCUT2D eigenvalue weighted by molar-refractivity contribution is 5.93. The van der Waals surface area contributed by atoms with Gasteiger partial charge in [0.1, 0.15) is 0 Å². The number of imide groups is 1. The third kappa shape index (κ3) is 4.05. The summed E-state index contributed by atoms with van der Waals surface area (Å²) < 4.78 is 0. The molecule has 17 heavy (non-hydrogen) atoms. The van der Waals surface area contributed by atoms with Crippen LogP contribution in [0.2, 0.25) is 0 Å². The van der Waals surface area contributed by atoms with Gasteiger partial charge in [0.2, 0.25) is 0 Å². The molecule has 0 aromatic rings. The molecule has 0 N–H and O–H groups in total. The van der Waals surface area contributed by atoms with Crippen LogP contribution in [-0.4, -0.2) is 86.0 Å². The van der Waals surface area contributed by atoms with Crippen molar-refractivity contribution in [3.05, 3.63) is 0 Å². The van der Waals surface area contributed by atoms with Gasteiger partial charge in [0.15, 0.2) is 0 Å². The summed E-state index contributed by atoms with van der Waals surface area (Å²) in [6, 6.07) is -0.504. The number of halogens is 1. The summed E-state index contributed by atoms with van der Waals surface area (Å²) in [4.78, 5) is 30.0. The molecule has 0 aromatic heterocycles. The zero-order valence-corrected chi connectivity index (χ0v) is 11.7. The Labute approximate surface area is 109 Å². The van der Waals surface area contributed by atoms with Gasteiger partial charge >= 0.3 is 12.1 Å². The normalized spacial score (nSPS) is 16.1. The Kier molecular flexibility index (Phi) is 6.26. The van der Waals surface area contributed by atoms with E-state index >= 15 is 0 Å².